The second kappa shape index (κ2) is 10.7. The third-order valence-corrected chi connectivity index (χ3v) is 7.53. The van der Waals surface area contributed by atoms with Gasteiger partial charge in [0.1, 0.15) is 0 Å². The van der Waals surface area contributed by atoms with Crippen LogP contribution in [-0.4, -0.2) is 80.6 Å². The number of benzene rings is 1. The molecule has 2 N–H and O–H groups in total. The molecule has 32 heavy (non-hydrogen) atoms. The number of hydrogen-bond donors (Lipinski definition) is 2. The predicted octanol–water partition coefficient (Wildman–Crippen LogP) is 2.43. The number of rotatable bonds is 6. The Morgan fingerprint density at radius 2 is 1.69 bits per heavy atom. The van der Waals surface area contributed by atoms with E-state index in [-0.39, 0.29) is 11.4 Å². The first-order chi connectivity index (χ1) is 15.6. The normalized spacial score (nSPS) is 22.9. The quantitative estimate of drug-likeness (QED) is 0.526. The topological polar surface area (TPSA) is 63.2 Å². The van der Waals surface area contributed by atoms with Gasteiger partial charge in [-0.15, -0.1) is 0 Å². The number of hydrogen-bond acceptors (Lipinski definition) is 4. The lowest BCUT2D eigenvalue weighted by Crippen LogP contribution is -2.62. The highest BCUT2D eigenvalue weighted by Crippen LogP contribution is 2.31. The van der Waals surface area contributed by atoms with E-state index in [0.29, 0.717) is 13.0 Å². The molecule has 0 radical (unpaired) electrons. The Morgan fingerprint density at radius 1 is 0.969 bits per heavy atom. The third kappa shape index (κ3) is 5.44. The van der Waals surface area contributed by atoms with Crippen molar-refractivity contribution in [3.63, 3.8) is 0 Å². The van der Waals surface area contributed by atoms with Gasteiger partial charge in [0.05, 0.1) is 0 Å². The largest absolute Gasteiger partial charge is 0.355 e. The summed E-state index contributed by atoms with van der Waals surface area (Å²) >= 11 is 0. The number of anilines is 1. The molecule has 1 aromatic rings. The van der Waals surface area contributed by atoms with E-state index >= 15 is 0 Å². The summed E-state index contributed by atoms with van der Waals surface area (Å²) in [6, 6.07) is 8.32. The van der Waals surface area contributed by atoms with Crippen LogP contribution in [0.1, 0.15) is 50.5 Å². The molecule has 3 heterocycles. The number of carbonyl (C=O) groups excluding carboxylic acids is 1. The van der Waals surface area contributed by atoms with Crippen LogP contribution in [0.3, 0.4) is 0 Å². The molecule has 0 spiro atoms. The Bertz CT molecular complexity index is 778. The van der Waals surface area contributed by atoms with Crippen molar-refractivity contribution in [2.45, 2.75) is 57.0 Å². The summed E-state index contributed by atoms with van der Waals surface area (Å²) in [6.07, 6.45) is 8.06. The molecule has 0 aromatic heterocycles. The van der Waals surface area contributed by atoms with E-state index in [1.807, 2.05) is 11.9 Å². The number of amides is 1. The number of likely N-dealkylation sites (tertiary alicyclic amines) is 2. The summed E-state index contributed by atoms with van der Waals surface area (Å²) < 4.78 is 0. The van der Waals surface area contributed by atoms with Gasteiger partial charge in [-0.2, -0.15) is 0 Å². The minimum absolute atomic E-state index is 0.231. The average molecular weight is 441 g/mol. The SMILES string of the molecule is CN=C(NCc1ccc(N2CCCC2=O)cc1)NCC1(N2CCCCC2)CCN(C)CC1. The van der Waals surface area contributed by atoms with E-state index in [0.717, 1.165) is 44.2 Å². The van der Waals surface area contributed by atoms with Gasteiger partial charge in [-0.3, -0.25) is 14.7 Å². The molecule has 0 aliphatic carbocycles. The summed E-state index contributed by atoms with van der Waals surface area (Å²) in [5.41, 5.74) is 2.42. The van der Waals surface area contributed by atoms with Crippen molar-refractivity contribution in [3.05, 3.63) is 29.8 Å². The maximum Gasteiger partial charge on any atom is 0.227 e. The van der Waals surface area contributed by atoms with Crippen LogP contribution >= 0.6 is 0 Å². The van der Waals surface area contributed by atoms with E-state index in [4.69, 9.17) is 0 Å². The van der Waals surface area contributed by atoms with Crippen LogP contribution in [0, 0.1) is 0 Å². The zero-order valence-corrected chi connectivity index (χ0v) is 19.9. The van der Waals surface area contributed by atoms with Gasteiger partial charge >= 0.3 is 0 Å². The smallest absolute Gasteiger partial charge is 0.227 e. The molecule has 7 nitrogen and oxygen atoms in total. The lowest BCUT2D eigenvalue weighted by molar-refractivity contribution is -0.117. The first kappa shape index (κ1) is 23.1. The molecule has 4 rings (SSSR count). The fraction of sp³-hybridized carbons (Fsp3) is 0.680. The summed E-state index contributed by atoms with van der Waals surface area (Å²) in [5.74, 6) is 1.09. The van der Waals surface area contributed by atoms with Crippen LogP contribution in [0.4, 0.5) is 5.69 Å². The van der Waals surface area contributed by atoms with Crippen molar-refractivity contribution in [2.75, 3.05) is 58.3 Å². The molecule has 0 bridgehead atoms. The standard InChI is InChI=1S/C25H40N6O/c1-26-24(27-19-21-8-10-22(11-9-21)31-16-6-7-23(31)32)28-20-25(12-17-29(2)18-13-25)30-14-4-3-5-15-30/h8-11H,3-7,12-20H2,1-2H3,(H2,26,27,28). The second-order valence-electron chi connectivity index (χ2n) is 9.67. The van der Waals surface area contributed by atoms with Gasteiger partial charge in [0.25, 0.3) is 0 Å². The van der Waals surface area contributed by atoms with Crippen molar-refractivity contribution in [1.82, 2.24) is 20.4 Å². The Kier molecular flexibility index (Phi) is 7.68. The maximum absolute atomic E-state index is 12.0. The highest BCUT2D eigenvalue weighted by Gasteiger charge is 2.39. The van der Waals surface area contributed by atoms with E-state index in [1.165, 1.54) is 50.8 Å². The minimum atomic E-state index is 0.231. The van der Waals surface area contributed by atoms with E-state index in [9.17, 15) is 4.79 Å². The van der Waals surface area contributed by atoms with Crippen molar-refractivity contribution in [1.29, 1.82) is 0 Å². The predicted molar refractivity (Wildman–Crippen MR) is 131 cm³/mol. The van der Waals surface area contributed by atoms with Crippen LogP contribution in [0.2, 0.25) is 0 Å². The van der Waals surface area contributed by atoms with Gasteiger partial charge in [0.2, 0.25) is 5.91 Å². The Morgan fingerprint density at radius 3 is 2.31 bits per heavy atom. The molecule has 3 aliphatic heterocycles. The van der Waals surface area contributed by atoms with Crippen LogP contribution in [0.25, 0.3) is 0 Å². The Labute approximate surface area is 193 Å². The van der Waals surface area contributed by atoms with Crippen LogP contribution in [-0.2, 0) is 11.3 Å². The molecule has 1 amide bonds. The highest BCUT2D eigenvalue weighted by atomic mass is 16.2. The number of guanidine groups is 1. The molecule has 3 aliphatic rings. The zero-order chi connectivity index (χ0) is 22.4. The molecular weight excluding hydrogens is 400 g/mol. The molecule has 3 fully saturated rings. The van der Waals surface area contributed by atoms with Crippen LogP contribution in [0.5, 0.6) is 0 Å². The summed E-state index contributed by atoms with van der Waals surface area (Å²) in [5, 5.41) is 7.13. The minimum Gasteiger partial charge on any atom is -0.355 e. The number of aliphatic imine (C=N–C) groups is 1. The summed E-state index contributed by atoms with van der Waals surface area (Å²) in [7, 11) is 4.08. The lowest BCUT2D eigenvalue weighted by atomic mass is 9.84. The number of piperidine rings is 2. The van der Waals surface area contributed by atoms with Gasteiger partial charge < -0.3 is 20.4 Å². The molecular formula is C25H40N6O. The molecule has 176 valence electrons. The number of carbonyl (C=O) groups is 1. The van der Waals surface area contributed by atoms with E-state index < -0.39 is 0 Å². The Hall–Kier alpha value is -2.12. The number of nitrogens with zero attached hydrogens (tertiary/aromatic N) is 4. The fourth-order valence-electron chi connectivity index (χ4n) is 5.38. The average Bonchev–Trinajstić information content (AvgIpc) is 3.27. The summed E-state index contributed by atoms with van der Waals surface area (Å²) in [6.45, 7) is 7.27. The Balaban J connectivity index is 1.32. The van der Waals surface area contributed by atoms with Crippen molar-refractivity contribution < 1.29 is 4.79 Å². The number of nitrogens with one attached hydrogen (secondary N) is 2. The zero-order valence-electron chi connectivity index (χ0n) is 19.9. The summed E-state index contributed by atoms with van der Waals surface area (Å²) in [4.78, 5) is 23.5. The molecule has 0 atom stereocenters. The molecule has 1 aromatic carbocycles. The van der Waals surface area contributed by atoms with Crippen molar-refractivity contribution >= 4 is 17.6 Å². The third-order valence-electron chi connectivity index (χ3n) is 7.53. The van der Waals surface area contributed by atoms with Crippen LogP contribution in [0.15, 0.2) is 29.3 Å². The molecule has 0 saturated carbocycles. The molecule has 3 saturated heterocycles. The van der Waals surface area contributed by atoms with E-state index in [2.05, 4.69) is 56.7 Å². The fourth-order valence-corrected chi connectivity index (χ4v) is 5.38. The van der Waals surface area contributed by atoms with Gasteiger partial charge in [-0.1, -0.05) is 18.6 Å². The van der Waals surface area contributed by atoms with E-state index in [1.54, 1.807) is 0 Å². The molecule has 7 heteroatoms. The second-order valence-corrected chi connectivity index (χ2v) is 9.67. The van der Waals surface area contributed by atoms with Crippen molar-refractivity contribution in [2.24, 2.45) is 4.99 Å². The molecule has 0 unspecified atom stereocenters. The first-order valence-electron chi connectivity index (χ1n) is 12.4. The first-order valence-corrected chi connectivity index (χ1v) is 12.4. The van der Waals surface area contributed by atoms with Gasteiger partial charge in [0.15, 0.2) is 5.96 Å². The van der Waals surface area contributed by atoms with Crippen molar-refractivity contribution in [3.8, 4) is 0 Å². The van der Waals surface area contributed by atoms with Gasteiger partial charge in [-0.05, 0) is 83.0 Å². The van der Waals surface area contributed by atoms with Gasteiger partial charge in [-0.25, -0.2) is 0 Å². The maximum atomic E-state index is 12.0. The lowest BCUT2D eigenvalue weighted by Gasteiger charge is -2.50. The highest BCUT2D eigenvalue weighted by molar-refractivity contribution is 5.95. The monoisotopic (exact) mass is 440 g/mol. The van der Waals surface area contributed by atoms with Gasteiger partial charge in [0, 0.05) is 44.3 Å². The van der Waals surface area contributed by atoms with Crippen LogP contribution < -0.4 is 15.5 Å².